The van der Waals surface area contributed by atoms with E-state index in [1.807, 2.05) is 24.3 Å². The molecular weight excluding hydrogens is 392 g/mol. The maximum Gasteiger partial charge on any atom is 0.254 e. The molecule has 7 nitrogen and oxygen atoms in total. The molecule has 0 bridgehead atoms. The van der Waals surface area contributed by atoms with E-state index < -0.39 is 0 Å². The van der Waals surface area contributed by atoms with Crippen molar-refractivity contribution in [2.24, 2.45) is 5.10 Å². The number of para-hydroxylation sites is 1. The van der Waals surface area contributed by atoms with Crippen LogP contribution in [0.5, 0.6) is 11.5 Å². The van der Waals surface area contributed by atoms with E-state index in [1.165, 1.54) is 11.8 Å². The Kier molecular flexibility index (Phi) is 8.20. The number of ether oxygens (including phenoxy) is 1. The first kappa shape index (κ1) is 22.5. The number of methoxy groups -OCH3 is 1. The first-order valence-corrected chi connectivity index (χ1v) is 10.4. The third kappa shape index (κ3) is 6.67. The van der Waals surface area contributed by atoms with Gasteiger partial charge in [0.25, 0.3) is 5.91 Å². The number of piperazine rings is 1. The van der Waals surface area contributed by atoms with Crippen molar-refractivity contribution < 1.29 is 14.6 Å². The Hall–Kier alpha value is -3.16. The van der Waals surface area contributed by atoms with Crippen molar-refractivity contribution in [2.75, 3.05) is 39.8 Å². The highest BCUT2D eigenvalue weighted by molar-refractivity contribution is 5.86. The zero-order valence-corrected chi connectivity index (χ0v) is 18.0. The monoisotopic (exact) mass is 422 g/mol. The van der Waals surface area contributed by atoms with Crippen LogP contribution in [0.25, 0.3) is 0 Å². The van der Waals surface area contributed by atoms with Gasteiger partial charge in [-0.1, -0.05) is 30.3 Å². The number of amides is 1. The lowest BCUT2D eigenvalue weighted by atomic mass is 10.1. The summed E-state index contributed by atoms with van der Waals surface area (Å²) in [5.41, 5.74) is 5.11. The molecule has 2 N–H and O–H groups in total. The van der Waals surface area contributed by atoms with Crippen LogP contribution in [0, 0.1) is 0 Å². The molecule has 0 aromatic heterocycles. The molecule has 1 aliphatic rings. The third-order valence-electron chi connectivity index (χ3n) is 5.28. The lowest BCUT2D eigenvalue weighted by Crippen LogP contribution is -2.48. The highest BCUT2D eigenvalue weighted by Gasteiger charge is 2.19. The van der Waals surface area contributed by atoms with Crippen molar-refractivity contribution in [1.29, 1.82) is 0 Å². The first-order valence-electron chi connectivity index (χ1n) is 10.4. The van der Waals surface area contributed by atoms with Gasteiger partial charge >= 0.3 is 0 Å². The van der Waals surface area contributed by atoms with Crippen LogP contribution < -0.4 is 10.2 Å². The maximum atomic E-state index is 12.2. The molecule has 0 atom stereocenters. The van der Waals surface area contributed by atoms with Crippen LogP contribution in [0.1, 0.15) is 16.7 Å². The molecule has 1 aliphatic heterocycles. The Labute approximate surface area is 183 Å². The number of aromatic hydroxyl groups is 1. The number of hydrogen-bond donors (Lipinski definition) is 2. The summed E-state index contributed by atoms with van der Waals surface area (Å²) in [7, 11) is 1.68. The number of nitrogens with one attached hydrogen (secondary N) is 1. The SMILES string of the molecule is C=CCc1cccc(/C=N/NC(=O)CN2CCN(Cc3cccc(OC)c3)CC2)c1O. The maximum absolute atomic E-state index is 12.2. The average molecular weight is 423 g/mol. The zero-order valence-electron chi connectivity index (χ0n) is 18.0. The summed E-state index contributed by atoms with van der Waals surface area (Å²) in [6.07, 6.45) is 3.77. The molecule has 31 heavy (non-hydrogen) atoms. The number of carbonyl (C=O) groups is 1. The van der Waals surface area contributed by atoms with E-state index in [0.29, 0.717) is 18.5 Å². The van der Waals surface area contributed by atoms with Crippen molar-refractivity contribution in [3.8, 4) is 11.5 Å². The topological polar surface area (TPSA) is 77.4 Å². The standard InChI is InChI=1S/C24H30N4O3/c1-3-6-20-8-5-9-21(24(20)30)16-25-26-23(29)18-28-13-11-27(12-14-28)17-19-7-4-10-22(15-19)31-2/h3-5,7-10,15-16,30H,1,6,11-14,17-18H2,2H3,(H,26,29)/b25-16+. The van der Waals surface area contributed by atoms with E-state index in [4.69, 9.17) is 4.74 Å². The van der Waals surface area contributed by atoms with Crippen molar-refractivity contribution >= 4 is 12.1 Å². The van der Waals surface area contributed by atoms with Gasteiger partial charge in [-0.2, -0.15) is 5.10 Å². The molecule has 0 aliphatic carbocycles. The van der Waals surface area contributed by atoms with E-state index in [1.54, 1.807) is 19.3 Å². The summed E-state index contributed by atoms with van der Waals surface area (Å²) in [5.74, 6) is 0.862. The van der Waals surface area contributed by atoms with Gasteiger partial charge in [-0.15, -0.1) is 6.58 Å². The van der Waals surface area contributed by atoms with Crippen molar-refractivity contribution in [1.82, 2.24) is 15.2 Å². The Morgan fingerprint density at radius 2 is 1.94 bits per heavy atom. The van der Waals surface area contributed by atoms with Crippen LogP contribution in [0.4, 0.5) is 0 Å². The molecule has 3 rings (SSSR count). The molecule has 0 unspecified atom stereocenters. The summed E-state index contributed by atoms with van der Waals surface area (Å²) in [5, 5.41) is 14.2. The molecule has 0 spiro atoms. The Bertz CT molecular complexity index is 921. The highest BCUT2D eigenvalue weighted by atomic mass is 16.5. The number of benzene rings is 2. The molecular formula is C24H30N4O3. The van der Waals surface area contributed by atoms with Crippen LogP contribution in [-0.4, -0.2) is 66.9 Å². The van der Waals surface area contributed by atoms with Crippen molar-refractivity contribution in [2.45, 2.75) is 13.0 Å². The van der Waals surface area contributed by atoms with Gasteiger partial charge in [0.2, 0.25) is 0 Å². The summed E-state index contributed by atoms with van der Waals surface area (Å²) in [4.78, 5) is 16.7. The Morgan fingerprint density at radius 3 is 2.68 bits per heavy atom. The predicted molar refractivity (Wildman–Crippen MR) is 122 cm³/mol. The van der Waals surface area contributed by atoms with E-state index in [2.05, 4.69) is 39.0 Å². The quantitative estimate of drug-likeness (QED) is 0.369. The van der Waals surface area contributed by atoms with Crippen LogP contribution in [-0.2, 0) is 17.8 Å². The number of hydrazone groups is 1. The van der Waals surface area contributed by atoms with E-state index in [-0.39, 0.29) is 11.7 Å². The molecule has 0 saturated carbocycles. The van der Waals surface area contributed by atoms with Gasteiger partial charge < -0.3 is 9.84 Å². The molecule has 1 saturated heterocycles. The highest BCUT2D eigenvalue weighted by Crippen LogP contribution is 2.21. The molecule has 2 aromatic rings. The van der Waals surface area contributed by atoms with Crippen molar-refractivity contribution in [3.63, 3.8) is 0 Å². The van der Waals surface area contributed by atoms with E-state index in [9.17, 15) is 9.90 Å². The molecule has 1 amide bonds. The van der Waals surface area contributed by atoms with E-state index in [0.717, 1.165) is 44.0 Å². The van der Waals surface area contributed by atoms with Gasteiger partial charge in [0.15, 0.2) is 0 Å². The second kappa shape index (κ2) is 11.3. The molecule has 164 valence electrons. The summed E-state index contributed by atoms with van der Waals surface area (Å²) >= 11 is 0. The number of hydrogen-bond acceptors (Lipinski definition) is 6. The zero-order chi connectivity index (χ0) is 22.1. The number of phenols is 1. The average Bonchev–Trinajstić information content (AvgIpc) is 2.78. The number of allylic oxidation sites excluding steroid dienone is 1. The summed E-state index contributed by atoms with van der Waals surface area (Å²) < 4.78 is 5.29. The number of phenolic OH excluding ortho intramolecular Hbond substituents is 1. The van der Waals surface area contributed by atoms with E-state index >= 15 is 0 Å². The first-order chi connectivity index (χ1) is 15.1. The van der Waals surface area contributed by atoms with Crippen LogP contribution in [0.2, 0.25) is 0 Å². The van der Waals surface area contributed by atoms with Gasteiger partial charge in [-0.25, -0.2) is 5.43 Å². The lowest BCUT2D eigenvalue weighted by molar-refractivity contribution is -0.122. The largest absolute Gasteiger partial charge is 0.507 e. The normalized spacial score (nSPS) is 15.1. The van der Waals surface area contributed by atoms with Crippen LogP contribution >= 0.6 is 0 Å². The minimum atomic E-state index is -0.167. The minimum absolute atomic E-state index is 0.160. The predicted octanol–water partition coefficient (Wildman–Crippen LogP) is 2.40. The second-order valence-electron chi connectivity index (χ2n) is 7.54. The van der Waals surface area contributed by atoms with Crippen LogP contribution in [0.15, 0.2) is 60.2 Å². The van der Waals surface area contributed by atoms with Gasteiger partial charge in [-0.3, -0.25) is 14.6 Å². The number of nitrogens with zero attached hydrogens (tertiary/aromatic N) is 3. The fourth-order valence-electron chi connectivity index (χ4n) is 3.58. The Balaban J connectivity index is 1.42. The lowest BCUT2D eigenvalue weighted by Gasteiger charge is -2.34. The van der Waals surface area contributed by atoms with Gasteiger partial charge in [0.05, 0.1) is 19.9 Å². The van der Waals surface area contributed by atoms with Crippen LogP contribution in [0.3, 0.4) is 0 Å². The molecule has 1 heterocycles. The van der Waals surface area contributed by atoms with Gasteiger partial charge in [0.1, 0.15) is 11.5 Å². The summed E-state index contributed by atoms with van der Waals surface area (Å²) in [6.45, 7) is 8.31. The molecule has 0 radical (unpaired) electrons. The molecule has 7 heteroatoms. The van der Waals surface area contributed by atoms with Gasteiger partial charge in [0, 0.05) is 38.3 Å². The summed E-state index contributed by atoms with van der Waals surface area (Å²) in [6, 6.07) is 13.5. The smallest absolute Gasteiger partial charge is 0.254 e. The second-order valence-corrected chi connectivity index (χ2v) is 7.54. The van der Waals surface area contributed by atoms with Crippen molar-refractivity contribution in [3.05, 3.63) is 71.8 Å². The molecule has 2 aromatic carbocycles. The minimum Gasteiger partial charge on any atom is -0.507 e. The third-order valence-corrected chi connectivity index (χ3v) is 5.28. The Morgan fingerprint density at radius 1 is 1.19 bits per heavy atom. The molecule has 1 fully saturated rings. The fraction of sp³-hybridized carbons (Fsp3) is 0.333. The number of carbonyl (C=O) groups excluding carboxylic acids is 1. The number of rotatable bonds is 9. The van der Waals surface area contributed by atoms with Gasteiger partial charge in [-0.05, 0) is 35.7 Å². The fourth-order valence-corrected chi connectivity index (χ4v) is 3.58.